The van der Waals surface area contributed by atoms with Gasteiger partial charge >= 0.3 is 5.97 Å². The Kier molecular flexibility index (Phi) is 9.40. The Morgan fingerprint density at radius 3 is 2.53 bits per heavy atom. The summed E-state index contributed by atoms with van der Waals surface area (Å²) in [6.45, 7) is 3.62. The van der Waals surface area contributed by atoms with Crippen LogP contribution in [0.4, 0.5) is 0 Å². The molecule has 1 aliphatic rings. The van der Waals surface area contributed by atoms with Crippen molar-refractivity contribution in [1.29, 1.82) is 0 Å². The van der Waals surface area contributed by atoms with Gasteiger partial charge in [0.05, 0.1) is 16.8 Å². The van der Waals surface area contributed by atoms with Gasteiger partial charge in [-0.2, -0.15) is 11.8 Å². The van der Waals surface area contributed by atoms with Gasteiger partial charge in [0, 0.05) is 22.1 Å². The molecule has 0 bridgehead atoms. The fourth-order valence-corrected chi connectivity index (χ4v) is 7.19. The van der Waals surface area contributed by atoms with E-state index in [0.717, 1.165) is 64.7 Å². The number of carbonyl (C=O) groups is 2. The number of aromatic nitrogens is 1. The second-order valence-electron chi connectivity index (χ2n) is 12.0. The van der Waals surface area contributed by atoms with Crippen LogP contribution in [0.3, 0.4) is 0 Å². The zero-order valence-corrected chi connectivity index (χ0v) is 26.0. The lowest BCUT2D eigenvalue weighted by Crippen LogP contribution is -2.20. The van der Waals surface area contributed by atoms with E-state index in [0.29, 0.717) is 5.02 Å². The Morgan fingerprint density at radius 1 is 1.02 bits per heavy atom. The number of rotatable bonds is 13. The Morgan fingerprint density at radius 2 is 1.79 bits per heavy atom. The van der Waals surface area contributed by atoms with E-state index in [1.54, 1.807) is 11.8 Å². The van der Waals surface area contributed by atoms with Gasteiger partial charge in [-0.1, -0.05) is 78.3 Å². The highest BCUT2D eigenvalue weighted by Gasteiger charge is 2.45. The lowest BCUT2D eigenvalue weighted by Gasteiger charge is -2.24. The number of carboxylic acid groups (broad SMARTS) is 1. The molecule has 1 fully saturated rings. The van der Waals surface area contributed by atoms with Crippen molar-refractivity contribution in [3.05, 3.63) is 112 Å². The number of benzene rings is 3. The van der Waals surface area contributed by atoms with Crippen LogP contribution < -0.4 is 0 Å². The maximum Gasteiger partial charge on any atom is 0.372 e. The van der Waals surface area contributed by atoms with Gasteiger partial charge in [0.2, 0.25) is 5.78 Å². The van der Waals surface area contributed by atoms with Crippen LogP contribution in [-0.4, -0.2) is 32.7 Å². The van der Waals surface area contributed by atoms with Gasteiger partial charge in [-0.05, 0) is 97.2 Å². The Hall–Kier alpha value is -3.45. The van der Waals surface area contributed by atoms with Crippen molar-refractivity contribution in [1.82, 2.24) is 4.98 Å². The summed E-state index contributed by atoms with van der Waals surface area (Å²) in [6.07, 6.45) is 7.51. The molecule has 222 valence electrons. The predicted molar refractivity (Wildman–Crippen MR) is 176 cm³/mol. The molecule has 1 heterocycles. The zero-order valence-electron chi connectivity index (χ0n) is 24.4. The molecule has 0 saturated heterocycles. The first-order chi connectivity index (χ1) is 20.5. The van der Waals surface area contributed by atoms with Crippen LogP contribution >= 0.6 is 23.4 Å². The van der Waals surface area contributed by atoms with E-state index in [9.17, 15) is 14.7 Å². The highest BCUT2D eigenvalue weighted by Crippen LogP contribution is 2.53. The van der Waals surface area contributed by atoms with Crippen LogP contribution in [0.5, 0.6) is 0 Å². The SMILES string of the molecule is CC(C)(O)c1ccccc1CC[C@@H](SCC1(CC(=O)C(=O)O)CC1)c1cccc(/C=C/c2ccc3ccc(Cl)cc3n2)c1. The molecular formula is C36H36ClNO4S. The van der Waals surface area contributed by atoms with Crippen molar-refractivity contribution in [3.63, 3.8) is 0 Å². The monoisotopic (exact) mass is 613 g/mol. The minimum atomic E-state index is -1.35. The number of carbonyl (C=O) groups excluding carboxylic acids is 1. The van der Waals surface area contributed by atoms with Crippen molar-refractivity contribution in [3.8, 4) is 0 Å². The van der Waals surface area contributed by atoms with Gasteiger partial charge in [0.25, 0.3) is 0 Å². The number of nitrogens with zero attached hydrogens (tertiary/aromatic N) is 1. The number of pyridine rings is 1. The molecule has 0 unspecified atom stereocenters. The van der Waals surface area contributed by atoms with Gasteiger partial charge in [-0.15, -0.1) is 0 Å². The van der Waals surface area contributed by atoms with Gasteiger partial charge in [-0.3, -0.25) is 4.79 Å². The summed E-state index contributed by atoms with van der Waals surface area (Å²) in [4.78, 5) is 28.0. The van der Waals surface area contributed by atoms with Crippen molar-refractivity contribution in [2.45, 2.75) is 56.8 Å². The van der Waals surface area contributed by atoms with E-state index in [1.807, 2.05) is 68.5 Å². The van der Waals surface area contributed by atoms with Crippen molar-refractivity contribution >= 4 is 58.2 Å². The summed E-state index contributed by atoms with van der Waals surface area (Å²) >= 11 is 7.97. The first-order valence-corrected chi connectivity index (χ1v) is 16.0. The normalized spacial score (nSPS) is 15.1. The van der Waals surface area contributed by atoms with Gasteiger partial charge in [0.1, 0.15) is 0 Å². The maximum absolute atomic E-state index is 12.0. The number of hydrogen-bond donors (Lipinski definition) is 2. The van der Waals surface area contributed by atoms with Crippen molar-refractivity contribution in [2.24, 2.45) is 5.41 Å². The molecule has 1 atom stereocenters. The first kappa shape index (κ1) is 31.0. The molecule has 1 aliphatic carbocycles. The largest absolute Gasteiger partial charge is 0.476 e. The highest BCUT2D eigenvalue weighted by molar-refractivity contribution is 7.99. The summed E-state index contributed by atoms with van der Waals surface area (Å²) in [5.41, 5.74) is 4.77. The fourth-order valence-electron chi connectivity index (χ4n) is 5.45. The number of aliphatic carboxylic acids is 1. The van der Waals surface area contributed by atoms with Gasteiger partial charge in [0.15, 0.2) is 0 Å². The van der Waals surface area contributed by atoms with Crippen LogP contribution in [0.1, 0.15) is 72.7 Å². The molecule has 7 heteroatoms. The van der Waals surface area contributed by atoms with Gasteiger partial charge in [-0.25, -0.2) is 9.78 Å². The third-order valence-electron chi connectivity index (χ3n) is 8.08. The maximum atomic E-state index is 12.0. The molecule has 1 aromatic heterocycles. The number of ketones is 1. The Balaban J connectivity index is 1.37. The summed E-state index contributed by atoms with van der Waals surface area (Å²) in [5.74, 6) is -1.32. The number of carboxylic acids is 1. The molecule has 0 amide bonds. The highest BCUT2D eigenvalue weighted by atomic mass is 35.5. The molecule has 5 nitrogen and oxygen atoms in total. The van der Waals surface area contributed by atoms with Crippen LogP contribution in [0.25, 0.3) is 23.1 Å². The fraction of sp³-hybridized carbons (Fsp3) is 0.306. The molecule has 2 N–H and O–H groups in total. The van der Waals surface area contributed by atoms with Crippen LogP contribution in [0.15, 0.2) is 78.9 Å². The molecule has 5 rings (SSSR count). The van der Waals surface area contributed by atoms with Crippen LogP contribution in [0.2, 0.25) is 5.02 Å². The summed E-state index contributed by atoms with van der Waals surface area (Å²) < 4.78 is 0. The third-order valence-corrected chi connectivity index (χ3v) is 10.0. The Labute approximate surface area is 262 Å². The molecule has 0 radical (unpaired) electrons. The lowest BCUT2D eigenvalue weighted by atomic mass is 9.90. The first-order valence-electron chi connectivity index (χ1n) is 14.5. The molecule has 0 aliphatic heterocycles. The van der Waals surface area contributed by atoms with E-state index in [2.05, 4.69) is 36.4 Å². The third kappa shape index (κ3) is 8.14. The number of thioether (sulfide) groups is 1. The summed E-state index contributed by atoms with van der Waals surface area (Å²) in [5, 5.41) is 21.7. The molecule has 3 aromatic carbocycles. The number of Topliss-reactive ketones (excluding diaryl/α,β-unsaturated/α-hetero) is 1. The number of halogens is 1. The van der Waals surface area contributed by atoms with Crippen LogP contribution in [0, 0.1) is 5.41 Å². The number of fused-ring (bicyclic) bond motifs is 1. The lowest BCUT2D eigenvalue weighted by molar-refractivity contribution is -0.149. The van der Waals surface area contributed by atoms with E-state index < -0.39 is 17.4 Å². The quantitative estimate of drug-likeness (QED) is 0.147. The zero-order chi connectivity index (χ0) is 30.6. The van der Waals surface area contributed by atoms with Crippen molar-refractivity contribution in [2.75, 3.05) is 5.75 Å². The minimum absolute atomic E-state index is 0.0936. The van der Waals surface area contributed by atoms with E-state index in [1.165, 1.54) is 5.56 Å². The van der Waals surface area contributed by atoms with Crippen molar-refractivity contribution < 1.29 is 19.8 Å². The topological polar surface area (TPSA) is 87.5 Å². The second-order valence-corrected chi connectivity index (χ2v) is 13.7. The average Bonchev–Trinajstić information content (AvgIpc) is 3.74. The van der Waals surface area contributed by atoms with E-state index in [4.69, 9.17) is 21.7 Å². The second kappa shape index (κ2) is 13.0. The molecule has 43 heavy (non-hydrogen) atoms. The van der Waals surface area contributed by atoms with E-state index >= 15 is 0 Å². The molecule has 1 saturated carbocycles. The van der Waals surface area contributed by atoms with Gasteiger partial charge < -0.3 is 10.2 Å². The number of aryl methyl sites for hydroxylation is 1. The Bertz CT molecular complexity index is 1670. The molecule has 0 spiro atoms. The number of hydrogen-bond acceptors (Lipinski definition) is 5. The standard InChI is InChI=1S/C36H36ClNO4S/c1-35(2,42)30-9-4-3-7-25(30)13-17-33(43-23-36(18-19-36)22-32(39)34(40)41)27-8-5-6-24(20-27)10-15-29-16-12-26-11-14-28(37)21-31(26)38-29/h3-12,14-16,20-21,33,42H,13,17-19,22-23H2,1-2H3,(H,40,41)/b15-10+/t33-/m1/s1. The average molecular weight is 614 g/mol. The van der Waals surface area contributed by atoms with E-state index in [-0.39, 0.29) is 17.1 Å². The smallest absolute Gasteiger partial charge is 0.372 e. The molecular weight excluding hydrogens is 578 g/mol. The molecule has 4 aromatic rings. The predicted octanol–water partition coefficient (Wildman–Crippen LogP) is 8.52. The minimum Gasteiger partial charge on any atom is -0.476 e. The summed E-state index contributed by atoms with van der Waals surface area (Å²) in [6, 6.07) is 26.2. The summed E-state index contributed by atoms with van der Waals surface area (Å²) in [7, 11) is 0. The van der Waals surface area contributed by atoms with Crippen LogP contribution in [-0.2, 0) is 21.6 Å². The number of aliphatic hydroxyl groups is 1.